The van der Waals surface area contributed by atoms with Crippen molar-refractivity contribution in [3.63, 3.8) is 0 Å². The van der Waals surface area contributed by atoms with Crippen LogP contribution in [0.1, 0.15) is 17.5 Å². The second kappa shape index (κ2) is 9.22. The van der Waals surface area contributed by atoms with Crippen LogP contribution in [0.3, 0.4) is 0 Å². The molecule has 0 aliphatic heterocycles. The van der Waals surface area contributed by atoms with Crippen molar-refractivity contribution in [3.05, 3.63) is 108 Å². The van der Waals surface area contributed by atoms with Crippen molar-refractivity contribution in [1.29, 1.82) is 0 Å². The second-order valence-corrected chi connectivity index (χ2v) is 7.02. The van der Waals surface area contributed by atoms with Gasteiger partial charge in [-0.05, 0) is 60.4 Å². The Morgan fingerprint density at radius 2 is 1.31 bits per heavy atom. The predicted octanol–water partition coefficient (Wildman–Crippen LogP) is 7.43. The molecule has 0 spiro atoms. The summed E-state index contributed by atoms with van der Waals surface area (Å²) in [5.41, 5.74) is 1.97. The molecule has 0 heterocycles. The Kier molecular flexibility index (Phi) is 6.21. The van der Waals surface area contributed by atoms with Crippen LogP contribution in [0.15, 0.2) is 90.7 Å². The Hall–Kier alpha value is -3.67. The van der Waals surface area contributed by atoms with Gasteiger partial charge in [0.2, 0.25) is 0 Å². The highest BCUT2D eigenvalue weighted by molar-refractivity contribution is 5.92. The summed E-state index contributed by atoms with van der Waals surface area (Å²) in [5, 5.41) is 0. The molecule has 0 saturated heterocycles. The second-order valence-electron chi connectivity index (χ2n) is 7.02. The number of rotatable bonds is 6. The van der Waals surface area contributed by atoms with Gasteiger partial charge in [0.15, 0.2) is 0 Å². The largest absolute Gasteiger partial charge is 0.573 e. The Morgan fingerprint density at radius 3 is 1.94 bits per heavy atom. The monoisotopic (exact) mass is 437 g/mol. The molecule has 0 atom stereocenters. The fourth-order valence-corrected chi connectivity index (χ4v) is 3.45. The maximum atomic E-state index is 13.3. The van der Waals surface area contributed by atoms with E-state index in [1.165, 1.54) is 7.11 Å². The topological polar surface area (TPSA) is 27.7 Å². The minimum Gasteiger partial charge on any atom is -0.497 e. The van der Waals surface area contributed by atoms with E-state index in [0.717, 1.165) is 0 Å². The van der Waals surface area contributed by atoms with Crippen LogP contribution in [-0.2, 0) is 4.74 Å². The SMILES string of the molecule is COc1ccc(C2=C(OC(F)(F)F)C(c3ccc(Oc4ccccc4)cc3)=CC[CH]2)cc1. The zero-order valence-electron chi connectivity index (χ0n) is 17.2. The van der Waals surface area contributed by atoms with Crippen LogP contribution in [0.4, 0.5) is 13.2 Å². The lowest BCUT2D eigenvalue weighted by atomic mass is 9.89. The van der Waals surface area contributed by atoms with Crippen LogP contribution in [0.2, 0.25) is 0 Å². The zero-order valence-corrected chi connectivity index (χ0v) is 17.2. The van der Waals surface area contributed by atoms with Crippen LogP contribution in [0, 0.1) is 6.42 Å². The first-order valence-corrected chi connectivity index (χ1v) is 9.94. The Balaban J connectivity index is 1.67. The lowest BCUT2D eigenvalue weighted by Gasteiger charge is -2.24. The smallest absolute Gasteiger partial charge is 0.497 e. The van der Waals surface area contributed by atoms with Gasteiger partial charge in [0.05, 0.1) is 7.11 Å². The fourth-order valence-electron chi connectivity index (χ4n) is 3.45. The van der Waals surface area contributed by atoms with Crippen molar-refractivity contribution >= 4 is 11.1 Å². The summed E-state index contributed by atoms with van der Waals surface area (Å²) in [4.78, 5) is 0. The summed E-state index contributed by atoms with van der Waals surface area (Å²) in [6, 6.07) is 23.0. The van der Waals surface area contributed by atoms with Crippen molar-refractivity contribution < 1.29 is 27.4 Å². The number of methoxy groups -OCH3 is 1. The predicted molar refractivity (Wildman–Crippen MR) is 117 cm³/mol. The van der Waals surface area contributed by atoms with Gasteiger partial charge in [-0.15, -0.1) is 13.2 Å². The van der Waals surface area contributed by atoms with Crippen LogP contribution < -0.4 is 9.47 Å². The molecule has 4 rings (SSSR count). The molecule has 1 aliphatic carbocycles. The van der Waals surface area contributed by atoms with Crippen molar-refractivity contribution in [2.45, 2.75) is 12.8 Å². The number of alkyl halides is 3. The standard InChI is InChI=1S/C26H20F3O3/c1-30-20-14-10-18(11-15-20)23-8-5-9-24(25(23)32-26(27,28)29)19-12-16-22(17-13-19)31-21-6-3-2-4-7-21/h2-4,6-17H,5H2,1H3. The minimum absolute atomic E-state index is 0.231. The first-order valence-electron chi connectivity index (χ1n) is 9.94. The third-order valence-electron chi connectivity index (χ3n) is 4.90. The van der Waals surface area contributed by atoms with E-state index in [1.54, 1.807) is 61.0 Å². The summed E-state index contributed by atoms with van der Waals surface area (Å²) < 4.78 is 55.4. The third kappa shape index (κ3) is 5.14. The quantitative estimate of drug-likeness (QED) is 0.401. The van der Waals surface area contributed by atoms with E-state index >= 15 is 0 Å². The molecule has 6 heteroatoms. The van der Waals surface area contributed by atoms with Crippen LogP contribution >= 0.6 is 0 Å². The number of hydrogen-bond donors (Lipinski definition) is 0. The number of ether oxygens (including phenoxy) is 3. The molecule has 0 bridgehead atoms. The Morgan fingerprint density at radius 1 is 0.719 bits per heavy atom. The number of para-hydroxylation sites is 1. The lowest BCUT2D eigenvalue weighted by Crippen LogP contribution is -2.16. The Bertz CT molecular complexity index is 1110. The third-order valence-corrected chi connectivity index (χ3v) is 4.90. The molecule has 0 aromatic heterocycles. The van der Waals surface area contributed by atoms with Gasteiger partial charge in [0.25, 0.3) is 0 Å². The molecule has 1 radical (unpaired) electrons. The fraction of sp³-hybridized carbons (Fsp3) is 0.115. The molecule has 0 amide bonds. The highest BCUT2D eigenvalue weighted by Gasteiger charge is 2.35. The summed E-state index contributed by atoms with van der Waals surface area (Å²) in [6.07, 6.45) is -0.905. The molecule has 0 unspecified atom stereocenters. The van der Waals surface area contributed by atoms with E-state index in [4.69, 9.17) is 9.47 Å². The molecule has 0 fully saturated rings. The number of benzene rings is 3. The maximum absolute atomic E-state index is 13.3. The van der Waals surface area contributed by atoms with Crippen molar-refractivity contribution in [3.8, 4) is 17.2 Å². The van der Waals surface area contributed by atoms with Crippen LogP contribution in [0.5, 0.6) is 17.2 Å². The molecule has 0 N–H and O–H groups in total. The van der Waals surface area contributed by atoms with Gasteiger partial charge in [-0.25, -0.2) is 0 Å². The molecule has 0 saturated carbocycles. The number of allylic oxidation sites excluding steroid dienone is 3. The molecular weight excluding hydrogens is 417 g/mol. The van der Waals surface area contributed by atoms with E-state index < -0.39 is 6.36 Å². The number of hydrogen-bond acceptors (Lipinski definition) is 3. The van der Waals surface area contributed by atoms with Crippen LogP contribution in [0.25, 0.3) is 11.1 Å². The summed E-state index contributed by atoms with van der Waals surface area (Å²) in [6.45, 7) is 0. The molecular formula is C26H20F3O3. The highest BCUT2D eigenvalue weighted by Crippen LogP contribution is 2.41. The van der Waals surface area contributed by atoms with E-state index in [9.17, 15) is 13.2 Å². The minimum atomic E-state index is -4.83. The van der Waals surface area contributed by atoms with Gasteiger partial charge in [-0.1, -0.05) is 48.5 Å². The first kappa shape index (κ1) is 21.6. The van der Waals surface area contributed by atoms with Gasteiger partial charge in [0, 0.05) is 11.1 Å². The molecule has 3 nitrogen and oxygen atoms in total. The normalized spacial score (nSPS) is 14.1. The average molecular weight is 437 g/mol. The molecule has 32 heavy (non-hydrogen) atoms. The number of halogens is 3. The van der Waals surface area contributed by atoms with Crippen LogP contribution in [-0.4, -0.2) is 13.5 Å². The average Bonchev–Trinajstić information content (AvgIpc) is 2.80. The Labute approximate surface area is 184 Å². The summed E-state index contributed by atoms with van der Waals surface area (Å²) >= 11 is 0. The van der Waals surface area contributed by atoms with E-state index in [2.05, 4.69) is 4.74 Å². The highest BCUT2D eigenvalue weighted by atomic mass is 19.4. The molecule has 3 aromatic carbocycles. The van der Waals surface area contributed by atoms with Gasteiger partial charge >= 0.3 is 6.36 Å². The summed E-state index contributed by atoms with van der Waals surface area (Å²) in [7, 11) is 1.53. The van der Waals surface area contributed by atoms with Crippen molar-refractivity contribution in [2.75, 3.05) is 7.11 Å². The van der Waals surface area contributed by atoms with Crippen molar-refractivity contribution in [1.82, 2.24) is 0 Å². The van der Waals surface area contributed by atoms with Gasteiger partial charge < -0.3 is 14.2 Å². The van der Waals surface area contributed by atoms with Gasteiger partial charge in [-0.3, -0.25) is 0 Å². The molecule has 1 aliphatic rings. The van der Waals surface area contributed by atoms with E-state index in [0.29, 0.717) is 45.9 Å². The van der Waals surface area contributed by atoms with Crippen molar-refractivity contribution in [2.24, 2.45) is 0 Å². The maximum Gasteiger partial charge on any atom is 0.573 e. The zero-order chi connectivity index (χ0) is 22.6. The van der Waals surface area contributed by atoms with Gasteiger partial charge in [-0.2, -0.15) is 0 Å². The van der Waals surface area contributed by atoms with E-state index in [1.807, 2.05) is 30.3 Å². The van der Waals surface area contributed by atoms with E-state index in [-0.39, 0.29) is 5.76 Å². The summed E-state index contributed by atoms with van der Waals surface area (Å²) in [5.74, 6) is 1.65. The lowest BCUT2D eigenvalue weighted by molar-refractivity contribution is -0.302. The van der Waals surface area contributed by atoms with Gasteiger partial charge in [0.1, 0.15) is 23.0 Å². The molecule has 163 valence electrons. The first-order chi connectivity index (χ1) is 15.4. The molecule has 3 aromatic rings.